The molecule has 0 bridgehead atoms. The van der Waals surface area contributed by atoms with Crippen molar-refractivity contribution in [3.8, 4) is 0 Å². The normalized spacial score (nSPS) is 10.9. The van der Waals surface area contributed by atoms with E-state index in [1.54, 1.807) is 24.3 Å². The SMILES string of the molecule is Cc1[nH]c2c(CN(C)c3ccc(F)cc3)nccc2c1C.Cc1c(C)n(Cc2ccccc2)c2c(CN(C)c3ccc(F)cc3)nccc12.Cl. The van der Waals surface area contributed by atoms with E-state index < -0.39 is 0 Å². The monoisotopic (exact) mass is 692 g/mol. The number of anilines is 2. The van der Waals surface area contributed by atoms with Crippen LogP contribution in [-0.4, -0.2) is 33.6 Å². The van der Waals surface area contributed by atoms with Gasteiger partial charge in [0.1, 0.15) is 11.6 Å². The zero-order valence-corrected chi connectivity index (χ0v) is 30.2. The molecule has 4 heterocycles. The zero-order valence-electron chi connectivity index (χ0n) is 29.3. The molecule has 7 rings (SSSR count). The molecule has 0 fully saturated rings. The molecule has 0 spiro atoms. The van der Waals surface area contributed by atoms with Crippen LogP contribution in [0.4, 0.5) is 20.2 Å². The van der Waals surface area contributed by atoms with Gasteiger partial charge in [0.2, 0.25) is 0 Å². The Kier molecular flexibility index (Phi) is 11.2. The number of halogens is 3. The number of H-pyrrole nitrogens is 1. The lowest BCUT2D eigenvalue weighted by Crippen LogP contribution is -2.18. The van der Waals surface area contributed by atoms with Crippen LogP contribution >= 0.6 is 12.4 Å². The van der Waals surface area contributed by atoms with Crippen molar-refractivity contribution in [3.05, 3.63) is 154 Å². The van der Waals surface area contributed by atoms with Gasteiger partial charge in [-0.05, 0) is 105 Å². The van der Waals surface area contributed by atoms with Gasteiger partial charge in [-0.3, -0.25) is 9.97 Å². The van der Waals surface area contributed by atoms with Gasteiger partial charge in [0.05, 0.1) is 35.5 Å². The Hall–Kier alpha value is -5.21. The predicted octanol–water partition coefficient (Wildman–Crippen LogP) is 9.85. The topological polar surface area (TPSA) is 53.0 Å². The second-order valence-electron chi connectivity index (χ2n) is 12.7. The molecule has 4 aromatic heterocycles. The molecule has 7 aromatic rings. The van der Waals surface area contributed by atoms with Crippen LogP contribution in [0.1, 0.15) is 39.5 Å². The van der Waals surface area contributed by atoms with Crippen molar-refractivity contribution < 1.29 is 8.78 Å². The summed E-state index contributed by atoms with van der Waals surface area (Å²) in [5, 5.41) is 2.45. The number of aromatic nitrogens is 4. The lowest BCUT2D eigenvalue weighted by Gasteiger charge is -2.20. The van der Waals surface area contributed by atoms with Gasteiger partial charge in [-0.15, -0.1) is 12.4 Å². The van der Waals surface area contributed by atoms with Crippen LogP contribution < -0.4 is 9.80 Å². The minimum Gasteiger partial charge on any atom is -0.369 e. The first-order valence-electron chi connectivity index (χ1n) is 16.4. The Morgan fingerprint density at radius 1 is 0.640 bits per heavy atom. The first-order valence-corrected chi connectivity index (χ1v) is 16.4. The van der Waals surface area contributed by atoms with Gasteiger partial charge >= 0.3 is 0 Å². The number of hydrogen-bond acceptors (Lipinski definition) is 4. The molecule has 50 heavy (non-hydrogen) atoms. The Morgan fingerprint density at radius 3 is 1.74 bits per heavy atom. The Morgan fingerprint density at radius 2 is 1.16 bits per heavy atom. The summed E-state index contributed by atoms with van der Waals surface area (Å²) < 4.78 is 28.6. The average molecular weight is 693 g/mol. The summed E-state index contributed by atoms with van der Waals surface area (Å²) >= 11 is 0. The van der Waals surface area contributed by atoms with Gasteiger partial charge in [0, 0.05) is 66.6 Å². The van der Waals surface area contributed by atoms with Crippen LogP contribution in [0, 0.1) is 39.3 Å². The second-order valence-corrected chi connectivity index (χ2v) is 12.7. The highest BCUT2D eigenvalue weighted by molar-refractivity contribution is 5.87. The molecular formula is C41H43ClF2N6. The van der Waals surface area contributed by atoms with Crippen LogP contribution in [0.25, 0.3) is 21.8 Å². The summed E-state index contributed by atoms with van der Waals surface area (Å²) in [5.74, 6) is -0.441. The molecule has 0 aliphatic heterocycles. The lowest BCUT2D eigenvalue weighted by atomic mass is 10.1. The summed E-state index contributed by atoms with van der Waals surface area (Å²) in [7, 11) is 3.99. The molecule has 0 unspecified atom stereocenters. The standard InChI is InChI=1S/C24H24FN3.C17H18FN3.ClH/c1-17-18(2)28(15-19-7-5-4-6-8-19)24-22(17)13-14-26-23(24)16-27(3)21-11-9-20(25)10-12-21;1-11-12(2)20-17-15(11)8-9-19-16(17)10-21(3)14-6-4-13(18)5-7-14;/h4-14H,15-16H2,1-3H3;4-9,20H,10H2,1-3H3;1H. The van der Waals surface area contributed by atoms with E-state index in [1.165, 1.54) is 68.6 Å². The van der Waals surface area contributed by atoms with E-state index in [-0.39, 0.29) is 24.0 Å². The number of aromatic amines is 1. The maximum Gasteiger partial charge on any atom is 0.123 e. The quantitative estimate of drug-likeness (QED) is 0.172. The molecule has 9 heteroatoms. The van der Waals surface area contributed by atoms with Crippen molar-refractivity contribution in [1.29, 1.82) is 0 Å². The summed E-state index contributed by atoms with van der Waals surface area (Å²) in [4.78, 5) is 16.8. The third-order valence-electron chi connectivity index (χ3n) is 9.42. The van der Waals surface area contributed by atoms with Crippen LogP contribution in [0.2, 0.25) is 0 Å². The highest BCUT2D eigenvalue weighted by Crippen LogP contribution is 2.29. The van der Waals surface area contributed by atoms with Gasteiger partial charge in [0.25, 0.3) is 0 Å². The minimum atomic E-state index is -0.222. The van der Waals surface area contributed by atoms with Crippen molar-refractivity contribution in [2.45, 2.75) is 47.3 Å². The number of nitrogens with zero attached hydrogens (tertiary/aromatic N) is 5. The predicted molar refractivity (Wildman–Crippen MR) is 205 cm³/mol. The molecule has 1 N–H and O–H groups in total. The molecule has 0 atom stereocenters. The number of fused-ring (bicyclic) bond motifs is 2. The van der Waals surface area contributed by atoms with E-state index in [4.69, 9.17) is 4.98 Å². The lowest BCUT2D eigenvalue weighted by molar-refractivity contribution is 0.627. The van der Waals surface area contributed by atoms with Crippen molar-refractivity contribution in [2.24, 2.45) is 0 Å². The van der Waals surface area contributed by atoms with Gasteiger partial charge in [-0.25, -0.2) is 8.78 Å². The number of benzene rings is 3. The van der Waals surface area contributed by atoms with Gasteiger partial charge in [-0.1, -0.05) is 30.3 Å². The Balaban J connectivity index is 0.000000198. The van der Waals surface area contributed by atoms with Crippen LogP contribution in [-0.2, 0) is 19.6 Å². The van der Waals surface area contributed by atoms with E-state index in [0.717, 1.165) is 34.8 Å². The van der Waals surface area contributed by atoms with Crippen molar-refractivity contribution >= 4 is 45.6 Å². The van der Waals surface area contributed by atoms with E-state index in [9.17, 15) is 8.78 Å². The maximum atomic E-state index is 13.3. The van der Waals surface area contributed by atoms with E-state index >= 15 is 0 Å². The van der Waals surface area contributed by atoms with E-state index in [2.05, 4.69) is 82.4 Å². The third-order valence-corrected chi connectivity index (χ3v) is 9.42. The molecule has 0 aliphatic carbocycles. The maximum absolute atomic E-state index is 13.3. The highest BCUT2D eigenvalue weighted by Gasteiger charge is 2.17. The Labute approximate surface area is 298 Å². The first kappa shape index (κ1) is 36.1. The number of nitrogens with one attached hydrogen (secondary N) is 1. The molecule has 6 nitrogen and oxygen atoms in total. The summed E-state index contributed by atoms with van der Waals surface area (Å²) in [6.45, 7) is 10.7. The smallest absolute Gasteiger partial charge is 0.123 e. The van der Waals surface area contributed by atoms with Crippen molar-refractivity contribution in [1.82, 2.24) is 19.5 Å². The minimum absolute atomic E-state index is 0. The fraction of sp³-hybridized carbons (Fsp3) is 0.220. The van der Waals surface area contributed by atoms with Gasteiger partial charge < -0.3 is 19.4 Å². The van der Waals surface area contributed by atoms with Crippen molar-refractivity contribution in [3.63, 3.8) is 0 Å². The van der Waals surface area contributed by atoms with Crippen molar-refractivity contribution in [2.75, 3.05) is 23.9 Å². The molecule has 3 aromatic carbocycles. The molecule has 0 amide bonds. The molecule has 0 saturated heterocycles. The molecule has 0 saturated carbocycles. The summed E-state index contributed by atoms with van der Waals surface area (Å²) in [5.41, 5.74) is 12.5. The number of hydrogen-bond donors (Lipinski definition) is 1. The highest BCUT2D eigenvalue weighted by atomic mass is 35.5. The fourth-order valence-corrected chi connectivity index (χ4v) is 6.33. The number of aryl methyl sites for hydroxylation is 3. The van der Waals surface area contributed by atoms with E-state index in [1.807, 2.05) is 38.6 Å². The number of pyridine rings is 2. The summed E-state index contributed by atoms with van der Waals surface area (Å²) in [6, 6.07) is 27.7. The van der Waals surface area contributed by atoms with Crippen LogP contribution in [0.5, 0.6) is 0 Å². The van der Waals surface area contributed by atoms with Gasteiger partial charge in [-0.2, -0.15) is 0 Å². The second kappa shape index (κ2) is 15.6. The van der Waals surface area contributed by atoms with Crippen LogP contribution in [0.3, 0.4) is 0 Å². The molecule has 0 aliphatic rings. The Bertz CT molecular complexity index is 2190. The van der Waals surface area contributed by atoms with Crippen LogP contribution in [0.15, 0.2) is 103 Å². The largest absolute Gasteiger partial charge is 0.369 e. The number of rotatable bonds is 8. The molecule has 258 valence electrons. The fourth-order valence-electron chi connectivity index (χ4n) is 6.33. The molecular weight excluding hydrogens is 650 g/mol. The molecule has 0 radical (unpaired) electrons. The third kappa shape index (κ3) is 7.66. The zero-order chi connectivity index (χ0) is 34.7. The first-order chi connectivity index (χ1) is 23.6. The average Bonchev–Trinajstić information content (AvgIpc) is 3.54. The summed E-state index contributed by atoms with van der Waals surface area (Å²) in [6.07, 6.45) is 3.73. The van der Waals surface area contributed by atoms with Gasteiger partial charge in [0.15, 0.2) is 0 Å². The van der Waals surface area contributed by atoms with E-state index in [0.29, 0.717) is 13.1 Å².